The molecular formula is C25H29F2N3O3. The number of likely N-dealkylation sites (tertiary alicyclic amines) is 1. The van der Waals surface area contributed by atoms with Gasteiger partial charge in [0.15, 0.2) is 11.6 Å². The van der Waals surface area contributed by atoms with Gasteiger partial charge < -0.3 is 15.5 Å². The van der Waals surface area contributed by atoms with Crippen molar-refractivity contribution in [3.05, 3.63) is 65.2 Å². The van der Waals surface area contributed by atoms with Gasteiger partial charge >= 0.3 is 0 Å². The summed E-state index contributed by atoms with van der Waals surface area (Å²) in [5.74, 6) is -3.06. The third-order valence-corrected chi connectivity index (χ3v) is 5.83. The summed E-state index contributed by atoms with van der Waals surface area (Å²) in [6.07, 6.45) is 0.644. The lowest BCUT2D eigenvalue weighted by Crippen LogP contribution is -2.48. The molecular weight excluding hydrogens is 428 g/mol. The molecule has 0 aromatic heterocycles. The Morgan fingerprint density at radius 3 is 2.48 bits per heavy atom. The molecule has 1 aliphatic heterocycles. The summed E-state index contributed by atoms with van der Waals surface area (Å²) in [4.78, 5) is 39.3. The molecule has 8 heteroatoms. The highest BCUT2D eigenvalue weighted by Gasteiger charge is 2.34. The summed E-state index contributed by atoms with van der Waals surface area (Å²) in [5.41, 5.74) is 1.76. The van der Waals surface area contributed by atoms with Crippen LogP contribution in [0.2, 0.25) is 0 Å². The number of carbonyl (C=O) groups excluding carboxylic acids is 3. The standard InChI is InChI=1S/C25H29F2N3O3/c1-15(2)24(25(33)28-18-9-7-16(3)8-10-18)29-21(31)13-19-11-12-22(32)30(19)14-17-5-4-6-20(26)23(17)27/h4-10,15,19,24H,11-14H2,1-3H3,(H,28,33)(H,29,31). The van der Waals surface area contributed by atoms with Gasteiger partial charge in [-0.25, -0.2) is 8.78 Å². The molecule has 33 heavy (non-hydrogen) atoms. The van der Waals surface area contributed by atoms with Crippen LogP contribution >= 0.6 is 0 Å². The molecule has 0 spiro atoms. The zero-order valence-electron chi connectivity index (χ0n) is 19.0. The van der Waals surface area contributed by atoms with Gasteiger partial charge in [-0.3, -0.25) is 14.4 Å². The molecule has 3 amide bonds. The van der Waals surface area contributed by atoms with E-state index in [4.69, 9.17) is 0 Å². The van der Waals surface area contributed by atoms with Crippen LogP contribution in [0.5, 0.6) is 0 Å². The first kappa shape index (κ1) is 24.4. The Labute approximate surface area is 192 Å². The third kappa shape index (κ3) is 6.15. The zero-order valence-corrected chi connectivity index (χ0v) is 19.0. The zero-order chi connectivity index (χ0) is 24.1. The van der Waals surface area contributed by atoms with Crippen molar-refractivity contribution in [2.45, 2.75) is 58.7 Å². The maximum atomic E-state index is 14.1. The second-order valence-corrected chi connectivity index (χ2v) is 8.78. The minimum absolute atomic E-state index is 0.0241. The number of carbonyl (C=O) groups is 3. The number of anilines is 1. The molecule has 1 aliphatic rings. The molecule has 1 saturated heterocycles. The fourth-order valence-electron chi connectivity index (χ4n) is 3.92. The molecule has 0 bridgehead atoms. The minimum Gasteiger partial charge on any atom is -0.344 e. The molecule has 0 aliphatic carbocycles. The van der Waals surface area contributed by atoms with E-state index in [9.17, 15) is 23.2 Å². The number of aryl methyl sites for hydroxylation is 1. The van der Waals surface area contributed by atoms with Crippen molar-refractivity contribution in [3.63, 3.8) is 0 Å². The van der Waals surface area contributed by atoms with E-state index in [0.717, 1.165) is 11.6 Å². The van der Waals surface area contributed by atoms with Crippen molar-refractivity contribution >= 4 is 23.4 Å². The van der Waals surface area contributed by atoms with E-state index in [1.165, 1.54) is 17.0 Å². The highest BCUT2D eigenvalue weighted by molar-refractivity contribution is 5.97. The van der Waals surface area contributed by atoms with Gasteiger partial charge in [0.2, 0.25) is 17.7 Å². The van der Waals surface area contributed by atoms with E-state index in [2.05, 4.69) is 10.6 Å². The first-order valence-corrected chi connectivity index (χ1v) is 11.0. The van der Waals surface area contributed by atoms with Gasteiger partial charge in [-0.05, 0) is 37.5 Å². The van der Waals surface area contributed by atoms with Crippen LogP contribution in [0.15, 0.2) is 42.5 Å². The van der Waals surface area contributed by atoms with Crippen LogP contribution in [-0.2, 0) is 20.9 Å². The Morgan fingerprint density at radius 1 is 1.12 bits per heavy atom. The molecule has 176 valence electrons. The Bertz CT molecular complexity index is 1020. The summed E-state index contributed by atoms with van der Waals surface area (Å²) in [6, 6.07) is 9.96. The number of nitrogens with one attached hydrogen (secondary N) is 2. The molecule has 2 N–H and O–H groups in total. The Kier molecular flexibility index (Phi) is 7.79. The van der Waals surface area contributed by atoms with Crippen LogP contribution in [0, 0.1) is 24.5 Å². The van der Waals surface area contributed by atoms with Gasteiger partial charge in [0.1, 0.15) is 6.04 Å². The van der Waals surface area contributed by atoms with Crippen molar-refractivity contribution in [2.24, 2.45) is 5.92 Å². The summed E-state index contributed by atoms with van der Waals surface area (Å²) >= 11 is 0. The average Bonchev–Trinajstić information content (AvgIpc) is 3.10. The highest BCUT2D eigenvalue weighted by Crippen LogP contribution is 2.25. The topological polar surface area (TPSA) is 78.5 Å². The fraction of sp³-hybridized carbons (Fsp3) is 0.400. The van der Waals surface area contributed by atoms with Crippen molar-refractivity contribution in [3.8, 4) is 0 Å². The summed E-state index contributed by atoms with van der Waals surface area (Å²) in [5, 5.41) is 5.59. The molecule has 2 aromatic carbocycles. The van der Waals surface area contributed by atoms with Gasteiger partial charge in [0.25, 0.3) is 0 Å². The maximum Gasteiger partial charge on any atom is 0.247 e. The van der Waals surface area contributed by atoms with Gasteiger partial charge in [0, 0.05) is 36.7 Å². The Hall–Kier alpha value is -3.29. The normalized spacial score (nSPS) is 16.7. The first-order chi connectivity index (χ1) is 15.7. The predicted molar refractivity (Wildman–Crippen MR) is 121 cm³/mol. The molecule has 2 aromatic rings. The van der Waals surface area contributed by atoms with E-state index < -0.39 is 23.7 Å². The number of hydrogen-bond donors (Lipinski definition) is 2. The number of hydrogen-bond acceptors (Lipinski definition) is 3. The van der Waals surface area contributed by atoms with E-state index in [1.54, 1.807) is 12.1 Å². The summed E-state index contributed by atoms with van der Waals surface area (Å²) < 4.78 is 27.6. The quantitative estimate of drug-likeness (QED) is 0.631. The molecule has 1 fully saturated rings. The number of halogens is 2. The van der Waals surface area contributed by atoms with E-state index in [0.29, 0.717) is 12.1 Å². The van der Waals surface area contributed by atoms with Crippen LogP contribution in [0.3, 0.4) is 0 Å². The molecule has 3 rings (SSSR count). The largest absolute Gasteiger partial charge is 0.344 e. The fourth-order valence-corrected chi connectivity index (χ4v) is 3.92. The van der Waals surface area contributed by atoms with E-state index >= 15 is 0 Å². The van der Waals surface area contributed by atoms with E-state index in [-0.39, 0.29) is 48.6 Å². The summed E-state index contributed by atoms with van der Waals surface area (Å²) in [7, 11) is 0. The maximum absolute atomic E-state index is 14.1. The van der Waals surface area contributed by atoms with Crippen LogP contribution in [-0.4, -0.2) is 34.7 Å². The lowest BCUT2D eigenvalue weighted by molar-refractivity contribution is -0.131. The van der Waals surface area contributed by atoms with Crippen LogP contribution in [0.25, 0.3) is 0 Å². The molecule has 2 unspecified atom stereocenters. The highest BCUT2D eigenvalue weighted by atomic mass is 19.2. The molecule has 0 radical (unpaired) electrons. The molecule has 2 atom stereocenters. The number of benzene rings is 2. The van der Waals surface area contributed by atoms with Gasteiger partial charge in [-0.1, -0.05) is 43.7 Å². The number of amides is 3. The Balaban J connectivity index is 1.64. The van der Waals surface area contributed by atoms with Crippen LogP contribution < -0.4 is 10.6 Å². The summed E-state index contributed by atoms with van der Waals surface area (Å²) in [6.45, 7) is 5.50. The molecule has 1 heterocycles. The van der Waals surface area contributed by atoms with Crippen molar-refractivity contribution < 1.29 is 23.2 Å². The third-order valence-electron chi connectivity index (χ3n) is 5.83. The SMILES string of the molecule is Cc1ccc(NC(=O)C(NC(=O)CC2CCC(=O)N2Cc2cccc(F)c2F)C(C)C)cc1. The van der Waals surface area contributed by atoms with Crippen LogP contribution in [0.4, 0.5) is 14.5 Å². The minimum atomic E-state index is -0.993. The van der Waals surface area contributed by atoms with Gasteiger partial charge in [-0.15, -0.1) is 0 Å². The monoisotopic (exact) mass is 457 g/mol. The lowest BCUT2D eigenvalue weighted by Gasteiger charge is -2.27. The van der Waals surface area contributed by atoms with E-state index in [1.807, 2.05) is 32.9 Å². The number of nitrogens with zero attached hydrogens (tertiary/aromatic N) is 1. The van der Waals surface area contributed by atoms with Crippen LogP contribution in [0.1, 0.15) is 44.2 Å². The second-order valence-electron chi connectivity index (χ2n) is 8.78. The van der Waals surface area contributed by atoms with Crippen molar-refractivity contribution in [1.29, 1.82) is 0 Å². The molecule has 6 nitrogen and oxygen atoms in total. The molecule has 0 saturated carbocycles. The lowest BCUT2D eigenvalue weighted by atomic mass is 10.0. The van der Waals surface area contributed by atoms with Crippen molar-refractivity contribution in [2.75, 3.05) is 5.32 Å². The second kappa shape index (κ2) is 10.6. The van der Waals surface area contributed by atoms with Gasteiger partial charge in [-0.2, -0.15) is 0 Å². The first-order valence-electron chi connectivity index (χ1n) is 11.0. The smallest absolute Gasteiger partial charge is 0.247 e. The Morgan fingerprint density at radius 2 is 1.82 bits per heavy atom. The van der Waals surface area contributed by atoms with Gasteiger partial charge in [0.05, 0.1) is 0 Å². The number of rotatable bonds is 8. The van der Waals surface area contributed by atoms with Crippen molar-refractivity contribution in [1.82, 2.24) is 10.2 Å². The predicted octanol–water partition coefficient (Wildman–Crippen LogP) is 3.93. The average molecular weight is 458 g/mol.